The molecule has 2 nitrogen and oxygen atoms in total. The Kier molecular flexibility index (Phi) is 5.64. The minimum Gasteiger partial charge on any atom is -0.391 e. The van der Waals surface area contributed by atoms with Gasteiger partial charge in [0.25, 0.3) is 0 Å². The summed E-state index contributed by atoms with van der Waals surface area (Å²) in [7, 11) is 0. The quantitative estimate of drug-likeness (QED) is 0.674. The maximum absolute atomic E-state index is 10.5. The van der Waals surface area contributed by atoms with Crippen molar-refractivity contribution in [1.82, 2.24) is 0 Å². The average Bonchev–Trinajstić information content (AvgIpc) is 2.59. The molecule has 0 aliphatic heterocycles. The molecule has 0 spiro atoms. The second-order valence-corrected chi connectivity index (χ2v) is 6.13. The number of fused-ring (bicyclic) bond motifs is 3. The number of aliphatic hydroxyl groups is 1. The molecule has 23 heavy (non-hydrogen) atoms. The zero-order valence-electron chi connectivity index (χ0n) is 13.6. The minimum atomic E-state index is -0.533. The molecule has 0 aliphatic rings. The molecule has 3 N–H and O–H groups in total. The first-order valence-electron chi connectivity index (χ1n) is 7.97. The zero-order valence-corrected chi connectivity index (χ0v) is 14.4. The van der Waals surface area contributed by atoms with Crippen LogP contribution in [0.25, 0.3) is 21.5 Å². The van der Waals surface area contributed by atoms with E-state index in [1.54, 1.807) is 0 Å². The van der Waals surface area contributed by atoms with Gasteiger partial charge in [-0.25, -0.2) is 0 Å². The first-order valence-corrected chi connectivity index (χ1v) is 7.97. The van der Waals surface area contributed by atoms with Crippen LogP contribution in [0, 0.1) is 5.92 Å². The van der Waals surface area contributed by atoms with Crippen LogP contribution in [0.3, 0.4) is 0 Å². The molecular formula is C20H24ClNO. The highest BCUT2D eigenvalue weighted by atomic mass is 35.5. The predicted molar refractivity (Wildman–Crippen MR) is 101 cm³/mol. The lowest BCUT2D eigenvalue weighted by atomic mass is 9.87. The second-order valence-electron chi connectivity index (χ2n) is 6.13. The van der Waals surface area contributed by atoms with Crippen LogP contribution in [0.5, 0.6) is 0 Å². The summed E-state index contributed by atoms with van der Waals surface area (Å²) >= 11 is 0. The number of hydrogen-bond donors (Lipinski definition) is 2. The lowest BCUT2D eigenvalue weighted by Crippen LogP contribution is -2.31. The summed E-state index contributed by atoms with van der Waals surface area (Å²) in [6.45, 7) is 4.13. The number of benzene rings is 3. The van der Waals surface area contributed by atoms with Crippen molar-refractivity contribution in [2.75, 3.05) is 0 Å². The van der Waals surface area contributed by atoms with Gasteiger partial charge in [-0.05, 0) is 39.1 Å². The van der Waals surface area contributed by atoms with Crippen molar-refractivity contribution in [2.45, 2.75) is 32.4 Å². The lowest BCUT2D eigenvalue weighted by molar-refractivity contribution is 0.0885. The summed E-state index contributed by atoms with van der Waals surface area (Å²) in [5.74, 6) is 0.181. The Labute approximate surface area is 143 Å². The van der Waals surface area contributed by atoms with Crippen LogP contribution in [0.2, 0.25) is 0 Å². The molecule has 0 bridgehead atoms. The van der Waals surface area contributed by atoms with Crippen molar-refractivity contribution < 1.29 is 5.11 Å². The molecule has 0 saturated carbocycles. The molecule has 0 amide bonds. The van der Waals surface area contributed by atoms with Crippen molar-refractivity contribution in [3.05, 3.63) is 60.2 Å². The molecule has 0 aliphatic carbocycles. The fourth-order valence-corrected chi connectivity index (χ4v) is 3.14. The van der Waals surface area contributed by atoms with E-state index in [1.165, 1.54) is 16.2 Å². The van der Waals surface area contributed by atoms with Crippen LogP contribution in [-0.4, -0.2) is 11.2 Å². The van der Waals surface area contributed by atoms with E-state index in [0.29, 0.717) is 0 Å². The molecule has 3 heteroatoms. The largest absolute Gasteiger partial charge is 0.391 e. The number of halogens is 1. The van der Waals surface area contributed by atoms with E-state index in [0.717, 1.165) is 17.4 Å². The van der Waals surface area contributed by atoms with E-state index >= 15 is 0 Å². The van der Waals surface area contributed by atoms with Gasteiger partial charge in [-0.1, -0.05) is 68.8 Å². The number of rotatable bonds is 4. The summed E-state index contributed by atoms with van der Waals surface area (Å²) in [5.41, 5.74) is 7.45. The Bertz CT molecular complexity index is 802. The van der Waals surface area contributed by atoms with Gasteiger partial charge in [-0.15, -0.1) is 12.4 Å². The summed E-state index contributed by atoms with van der Waals surface area (Å²) in [5, 5.41) is 15.3. The standard InChI is InChI=1S/C20H23NO.ClH/c1-3-13(2)20(22)19(21)18-12-14-8-4-5-9-15(14)16-10-6-7-11-17(16)18;/h4-13,19-20,22H,3,21H2,1-2H3;1H/t13?,19-,20+;/m0./s1. The fourth-order valence-electron chi connectivity index (χ4n) is 3.14. The van der Waals surface area contributed by atoms with Gasteiger partial charge in [-0.2, -0.15) is 0 Å². The van der Waals surface area contributed by atoms with Gasteiger partial charge in [0.1, 0.15) is 0 Å². The SMILES string of the molecule is CCC(C)[C@@H](O)[C@@H](N)c1cc2ccccc2c2ccccc12.Cl. The summed E-state index contributed by atoms with van der Waals surface area (Å²) < 4.78 is 0. The first-order chi connectivity index (χ1) is 10.6. The van der Waals surface area contributed by atoms with E-state index in [-0.39, 0.29) is 24.4 Å². The van der Waals surface area contributed by atoms with Crippen molar-refractivity contribution in [3.63, 3.8) is 0 Å². The molecule has 1 unspecified atom stereocenters. The van der Waals surface area contributed by atoms with Crippen molar-refractivity contribution in [1.29, 1.82) is 0 Å². The molecule has 3 atom stereocenters. The number of hydrogen-bond acceptors (Lipinski definition) is 2. The van der Waals surface area contributed by atoms with Crippen LogP contribution in [-0.2, 0) is 0 Å². The van der Waals surface area contributed by atoms with Gasteiger partial charge in [0, 0.05) is 0 Å². The van der Waals surface area contributed by atoms with E-state index < -0.39 is 6.10 Å². The predicted octanol–water partition coefficient (Wildman–Crippen LogP) is 4.82. The normalized spacial score (nSPS) is 15.1. The summed E-state index contributed by atoms with van der Waals surface area (Å²) in [6, 6.07) is 18.4. The first kappa shape index (κ1) is 17.7. The average molecular weight is 330 g/mol. The molecule has 0 fully saturated rings. The van der Waals surface area contributed by atoms with Gasteiger partial charge in [0.2, 0.25) is 0 Å². The van der Waals surface area contributed by atoms with E-state index in [2.05, 4.69) is 49.4 Å². The van der Waals surface area contributed by atoms with Gasteiger partial charge < -0.3 is 10.8 Å². The number of nitrogens with two attached hydrogens (primary N) is 1. The molecule has 0 radical (unpaired) electrons. The zero-order chi connectivity index (χ0) is 15.7. The van der Waals surface area contributed by atoms with Gasteiger partial charge >= 0.3 is 0 Å². The number of aliphatic hydroxyl groups excluding tert-OH is 1. The van der Waals surface area contributed by atoms with Gasteiger partial charge in [0.05, 0.1) is 12.1 Å². The Morgan fingerprint density at radius 3 is 2.17 bits per heavy atom. The van der Waals surface area contributed by atoms with Crippen molar-refractivity contribution in [3.8, 4) is 0 Å². The van der Waals surface area contributed by atoms with Crippen molar-refractivity contribution in [2.24, 2.45) is 11.7 Å². The topological polar surface area (TPSA) is 46.2 Å². The molecular weight excluding hydrogens is 306 g/mol. The van der Waals surface area contributed by atoms with E-state index in [1.807, 2.05) is 19.1 Å². The third-order valence-electron chi connectivity index (χ3n) is 4.75. The summed E-state index contributed by atoms with van der Waals surface area (Å²) in [6.07, 6.45) is 0.384. The van der Waals surface area contributed by atoms with Gasteiger partial charge in [-0.3, -0.25) is 0 Å². The smallest absolute Gasteiger partial charge is 0.0758 e. The molecule has 3 aromatic carbocycles. The summed E-state index contributed by atoms with van der Waals surface area (Å²) in [4.78, 5) is 0. The fraction of sp³-hybridized carbons (Fsp3) is 0.300. The monoisotopic (exact) mass is 329 g/mol. The third kappa shape index (κ3) is 3.20. The van der Waals surface area contributed by atoms with E-state index in [9.17, 15) is 5.11 Å². The highest BCUT2D eigenvalue weighted by molar-refractivity contribution is 6.09. The maximum Gasteiger partial charge on any atom is 0.0758 e. The highest BCUT2D eigenvalue weighted by Crippen LogP contribution is 2.33. The molecule has 0 aromatic heterocycles. The third-order valence-corrected chi connectivity index (χ3v) is 4.75. The Morgan fingerprint density at radius 2 is 1.52 bits per heavy atom. The van der Waals surface area contributed by atoms with Crippen LogP contribution in [0.15, 0.2) is 54.6 Å². The molecule has 3 rings (SSSR count). The van der Waals surface area contributed by atoms with Crippen LogP contribution in [0.4, 0.5) is 0 Å². The van der Waals surface area contributed by atoms with Crippen LogP contribution < -0.4 is 5.73 Å². The Balaban J connectivity index is 0.00000192. The molecule has 3 aromatic rings. The van der Waals surface area contributed by atoms with Crippen molar-refractivity contribution >= 4 is 34.0 Å². The second kappa shape index (κ2) is 7.31. The molecule has 122 valence electrons. The minimum absolute atomic E-state index is 0. The van der Waals surface area contributed by atoms with Gasteiger partial charge in [0.15, 0.2) is 0 Å². The Hall–Kier alpha value is -1.61. The molecule has 0 heterocycles. The Morgan fingerprint density at radius 1 is 0.957 bits per heavy atom. The lowest BCUT2D eigenvalue weighted by Gasteiger charge is -2.26. The van der Waals surface area contributed by atoms with Crippen LogP contribution >= 0.6 is 12.4 Å². The molecule has 0 saturated heterocycles. The maximum atomic E-state index is 10.5. The van der Waals surface area contributed by atoms with Crippen LogP contribution in [0.1, 0.15) is 31.9 Å². The highest BCUT2D eigenvalue weighted by Gasteiger charge is 2.23. The van der Waals surface area contributed by atoms with E-state index in [4.69, 9.17) is 5.73 Å².